The van der Waals surface area contributed by atoms with E-state index in [1.165, 1.54) is 23.7 Å². The van der Waals surface area contributed by atoms with E-state index < -0.39 is 5.91 Å². The van der Waals surface area contributed by atoms with Crippen molar-refractivity contribution in [3.8, 4) is 17.2 Å². The predicted molar refractivity (Wildman–Crippen MR) is 103 cm³/mol. The molecule has 8 heteroatoms. The Labute approximate surface area is 154 Å². The lowest BCUT2D eigenvalue weighted by Gasteiger charge is -2.13. The van der Waals surface area contributed by atoms with Gasteiger partial charge in [-0.1, -0.05) is 18.3 Å². The predicted octanol–water partition coefficient (Wildman–Crippen LogP) is 3.29. The number of aromatic amines is 1. The number of benzene rings is 1. The molecular weight excluding hydrogens is 354 g/mol. The van der Waals surface area contributed by atoms with Crippen LogP contribution in [-0.4, -0.2) is 22.2 Å². The van der Waals surface area contributed by atoms with Gasteiger partial charge in [0.2, 0.25) is 0 Å². The van der Waals surface area contributed by atoms with E-state index >= 15 is 0 Å². The van der Waals surface area contributed by atoms with Crippen LogP contribution in [0, 0.1) is 0 Å². The standard InChI is InChI=1S/C18H19N3O4S/c1-4-26-18(19)21-17(23)12-7-14(24-11(2)3)9-15(8-12)25-13-5-6-20-16(22)10-13/h4-11H,1H2,2-3H3,(H,20,22)(H2,19,21,23). The molecule has 2 aromatic rings. The number of carbonyl (C=O) groups is 1. The molecule has 0 saturated heterocycles. The van der Waals surface area contributed by atoms with Crippen molar-refractivity contribution in [3.05, 3.63) is 64.4 Å². The smallest absolute Gasteiger partial charge is 0.279 e. The number of nitrogens with one attached hydrogen (secondary N) is 1. The number of hydrogen-bond acceptors (Lipinski definition) is 5. The summed E-state index contributed by atoms with van der Waals surface area (Å²) < 4.78 is 11.3. The van der Waals surface area contributed by atoms with Gasteiger partial charge in [0.05, 0.1) is 6.10 Å². The van der Waals surface area contributed by atoms with E-state index in [1.54, 1.807) is 18.2 Å². The molecule has 0 unspecified atom stereocenters. The van der Waals surface area contributed by atoms with Gasteiger partial charge in [0, 0.05) is 23.9 Å². The second kappa shape index (κ2) is 8.91. The number of amidine groups is 1. The number of ether oxygens (including phenoxy) is 2. The average Bonchev–Trinajstić information content (AvgIpc) is 2.54. The van der Waals surface area contributed by atoms with Gasteiger partial charge in [0.25, 0.3) is 11.5 Å². The van der Waals surface area contributed by atoms with Crippen molar-refractivity contribution in [2.45, 2.75) is 20.0 Å². The molecule has 0 bridgehead atoms. The number of thioether (sulfide) groups is 1. The fourth-order valence-corrected chi connectivity index (χ4v) is 2.30. The van der Waals surface area contributed by atoms with Crippen LogP contribution in [0.4, 0.5) is 0 Å². The lowest BCUT2D eigenvalue weighted by atomic mass is 10.2. The fraction of sp³-hybridized carbons (Fsp3) is 0.167. The van der Waals surface area contributed by atoms with Crippen molar-refractivity contribution < 1.29 is 14.3 Å². The minimum Gasteiger partial charge on any atom is -0.491 e. The van der Waals surface area contributed by atoms with Crippen LogP contribution >= 0.6 is 11.8 Å². The van der Waals surface area contributed by atoms with Crippen molar-refractivity contribution >= 4 is 22.8 Å². The molecule has 136 valence electrons. The van der Waals surface area contributed by atoms with Gasteiger partial charge in [-0.15, -0.1) is 0 Å². The summed E-state index contributed by atoms with van der Waals surface area (Å²) >= 11 is 1.05. The number of nitrogens with two attached hydrogens (primary N) is 1. The number of hydrogen-bond donors (Lipinski definition) is 2. The van der Waals surface area contributed by atoms with E-state index in [0.29, 0.717) is 17.2 Å². The van der Waals surface area contributed by atoms with Gasteiger partial charge >= 0.3 is 0 Å². The molecule has 7 nitrogen and oxygen atoms in total. The Bertz CT molecular complexity index is 890. The van der Waals surface area contributed by atoms with Gasteiger partial charge in [0.1, 0.15) is 17.2 Å². The van der Waals surface area contributed by atoms with E-state index in [4.69, 9.17) is 15.2 Å². The Morgan fingerprint density at radius 1 is 1.27 bits per heavy atom. The van der Waals surface area contributed by atoms with Crippen molar-refractivity contribution in [2.75, 3.05) is 0 Å². The molecule has 1 amide bonds. The van der Waals surface area contributed by atoms with E-state index in [9.17, 15) is 9.59 Å². The zero-order valence-corrected chi connectivity index (χ0v) is 15.2. The van der Waals surface area contributed by atoms with Crippen molar-refractivity contribution in [1.82, 2.24) is 4.98 Å². The summed E-state index contributed by atoms with van der Waals surface area (Å²) in [6.07, 6.45) is 1.37. The van der Waals surface area contributed by atoms with Crippen LogP contribution in [0.15, 0.2) is 58.3 Å². The number of aromatic nitrogens is 1. The number of H-pyrrole nitrogens is 1. The van der Waals surface area contributed by atoms with Crippen LogP contribution < -0.4 is 20.8 Å². The molecule has 1 aromatic heterocycles. The number of aliphatic imine (C=N–C) groups is 1. The molecule has 0 spiro atoms. The Balaban J connectivity index is 2.38. The van der Waals surface area contributed by atoms with Crippen LogP contribution in [-0.2, 0) is 0 Å². The highest BCUT2D eigenvalue weighted by atomic mass is 32.2. The van der Waals surface area contributed by atoms with E-state index in [-0.39, 0.29) is 22.4 Å². The van der Waals surface area contributed by atoms with Gasteiger partial charge < -0.3 is 20.2 Å². The van der Waals surface area contributed by atoms with Gasteiger partial charge in [-0.2, -0.15) is 4.99 Å². The molecule has 2 rings (SSSR count). The second-order valence-corrected chi connectivity index (χ2v) is 6.38. The Morgan fingerprint density at radius 2 is 2.00 bits per heavy atom. The largest absolute Gasteiger partial charge is 0.491 e. The first kappa shape index (κ1) is 19.3. The van der Waals surface area contributed by atoms with Crippen LogP contribution in [0.1, 0.15) is 24.2 Å². The molecule has 1 aromatic carbocycles. The summed E-state index contributed by atoms with van der Waals surface area (Å²) in [7, 11) is 0. The average molecular weight is 373 g/mol. The minimum absolute atomic E-state index is 0.0808. The molecule has 1 heterocycles. The lowest BCUT2D eigenvalue weighted by Crippen LogP contribution is -2.10. The molecule has 0 aliphatic carbocycles. The highest BCUT2D eigenvalue weighted by molar-refractivity contribution is 8.16. The summed E-state index contributed by atoms with van der Waals surface area (Å²) in [6.45, 7) is 7.25. The zero-order chi connectivity index (χ0) is 19.1. The van der Waals surface area contributed by atoms with Crippen molar-refractivity contribution in [3.63, 3.8) is 0 Å². The third-order valence-electron chi connectivity index (χ3n) is 2.90. The Kier molecular flexibility index (Phi) is 6.62. The summed E-state index contributed by atoms with van der Waals surface area (Å²) in [5, 5.41) is 1.56. The molecule has 0 radical (unpaired) electrons. The summed E-state index contributed by atoms with van der Waals surface area (Å²) in [6, 6.07) is 7.59. The first-order valence-electron chi connectivity index (χ1n) is 7.72. The third kappa shape index (κ3) is 5.82. The number of pyridine rings is 1. The maximum Gasteiger partial charge on any atom is 0.279 e. The topological polar surface area (TPSA) is 107 Å². The minimum atomic E-state index is -0.540. The highest BCUT2D eigenvalue weighted by Gasteiger charge is 2.12. The first-order valence-corrected chi connectivity index (χ1v) is 8.59. The van der Waals surface area contributed by atoms with Crippen LogP contribution in [0.25, 0.3) is 0 Å². The second-order valence-electron chi connectivity index (χ2n) is 5.39. The summed E-state index contributed by atoms with van der Waals surface area (Å²) in [5.74, 6) is 0.568. The normalized spacial score (nSPS) is 11.3. The molecule has 0 aliphatic heterocycles. The third-order valence-corrected chi connectivity index (χ3v) is 3.40. The summed E-state index contributed by atoms with van der Waals surface area (Å²) in [5.41, 5.74) is 5.59. The lowest BCUT2D eigenvalue weighted by molar-refractivity contribution is 0.100. The quantitative estimate of drug-likeness (QED) is 0.594. The van der Waals surface area contributed by atoms with E-state index in [2.05, 4.69) is 16.6 Å². The number of amides is 1. The Morgan fingerprint density at radius 3 is 2.65 bits per heavy atom. The van der Waals surface area contributed by atoms with Gasteiger partial charge in [0.15, 0.2) is 5.17 Å². The highest BCUT2D eigenvalue weighted by Crippen LogP contribution is 2.28. The van der Waals surface area contributed by atoms with Gasteiger partial charge in [-0.3, -0.25) is 9.59 Å². The van der Waals surface area contributed by atoms with Crippen LogP contribution in [0.3, 0.4) is 0 Å². The van der Waals surface area contributed by atoms with Crippen molar-refractivity contribution in [1.29, 1.82) is 0 Å². The summed E-state index contributed by atoms with van der Waals surface area (Å²) in [4.78, 5) is 30.0. The Hall–Kier alpha value is -3.00. The maximum absolute atomic E-state index is 12.3. The molecular formula is C18H19N3O4S. The van der Waals surface area contributed by atoms with E-state index in [1.807, 2.05) is 13.8 Å². The molecule has 0 aliphatic rings. The molecule has 3 N–H and O–H groups in total. The molecule has 0 fully saturated rings. The number of rotatable bonds is 6. The van der Waals surface area contributed by atoms with Gasteiger partial charge in [-0.05, 0) is 37.5 Å². The first-order chi connectivity index (χ1) is 12.4. The molecule has 26 heavy (non-hydrogen) atoms. The number of carbonyl (C=O) groups excluding carboxylic acids is 1. The van der Waals surface area contributed by atoms with Crippen molar-refractivity contribution in [2.24, 2.45) is 10.7 Å². The zero-order valence-electron chi connectivity index (χ0n) is 14.4. The molecule has 0 saturated carbocycles. The number of nitrogens with zero attached hydrogens (tertiary/aromatic N) is 1. The van der Waals surface area contributed by atoms with Gasteiger partial charge in [-0.25, -0.2) is 0 Å². The maximum atomic E-state index is 12.3. The molecule has 0 atom stereocenters. The van der Waals surface area contributed by atoms with Crippen LogP contribution in [0.2, 0.25) is 0 Å². The van der Waals surface area contributed by atoms with Crippen LogP contribution in [0.5, 0.6) is 17.2 Å². The SMILES string of the molecule is C=CSC(N)=NC(=O)c1cc(Oc2cc[nH]c(=O)c2)cc(OC(C)C)c1. The fourth-order valence-electron chi connectivity index (χ4n) is 2.00. The monoisotopic (exact) mass is 373 g/mol. The van der Waals surface area contributed by atoms with E-state index in [0.717, 1.165) is 11.8 Å².